The fourth-order valence-electron chi connectivity index (χ4n) is 3.22. The number of amides is 2. The Balaban J connectivity index is 1.90. The number of sulfonamides is 1. The summed E-state index contributed by atoms with van der Waals surface area (Å²) in [5, 5.41) is 0. The molecule has 0 saturated carbocycles. The molecule has 2 fully saturated rings. The summed E-state index contributed by atoms with van der Waals surface area (Å²) in [6.07, 6.45) is 0.392. The van der Waals surface area contributed by atoms with Gasteiger partial charge in [0, 0.05) is 24.9 Å². The molecular formula is C16H20N2O5S. The van der Waals surface area contributed by atoms with Crippen LogP contribution in [0.5, 0.6) is 0 Å². The summed E-state index contributed by atoms with van der Waals surface area (Å²) in [4.78, 5) is 24.8. The number of hydrogen-bond acceptors (Lipinski definition) is 5. The first-order valence-electron chi connectivity index (χ1n) is 7.89. The quantitative estimate of drug-likeness (QED) is 0.762. The van der Waals surface area contributed by atoms with E-state index in [-0.39, 0.29) is 41.6 Å². The maximum atomic E-state index is 12.9. The van der Waals surface area contributed by atoms with Crippen molar-refractivity contribution >= 4 is 27.5 Å². The minimum Gasteiger partial charge on any atom is -0.378 e. The van der Waals surface area contributed by atoms with Gasteiger partial charge in [-0.25, -0.2) is 8.42 Å². The number of hydrogen-bond donors (Lipinski definition) is 0. The topological polar surface area (TPSA) is 84.0 Å². The van der Waals surface area contributed by atoms with Crippen LogP contribution in [0.1, 0.15) is 26.7 Å². The van der Waals surface area contributed by atoms with E-state index in [0.717, 1.165) is 4.90 Å². The molecule has 2 unspecified atom stereocenters. The predicted octanol–water partition coefficient (Wildman–Crippen LogP) is 1.14. The van der Waals surface area contributed by atoms with Gasteiger partial charge in [0.05, 0.1) is 23.8 Å². The lowest BCUT2D eigenvalue weighted by molar-refractivity contribution is -0.121. The minimum atomic E-state index is -3.66. The Labute approximate surface area is 141 Å². The van der Waals surface area contributed by atoms with Gasteiger partial charge in [0.1, 0.15) is 0 Å². The molecule has 2 heterocycles. The molecule has 0 N–H and O–H groups in total. The van der Waals surface area contributed by atoms with Crippen LogP contribution in [-0.2, 0) is 24.3 Å². The molecule has 0 spiro atoms. The highest BCUT2D eigenvalue weighted by molar-refractivity contribution is 7.89. The van der Waals surface area contributed by atoms with E-state index in [0.29, 0.717) is 18.9 Å². The molecular weight excluding hydrogens is 332 g/mol. The summed E-state index contributed by atoms with van der Waals surface area (Å²) < 4.78 is 32.6. The molecule has 1 aromatic rings. The van der Waals surface area contributed by atoms with Crippen LogP contribution in [0, 0.1) is 0 Å². The molecule has 1 aromatic carbocycles. The monoisotopic (exact) mass is 352 g/mol. The van der Waals surface area contributed by atoms with Crippen molar-refractivity contribution in [3.8, 4) is 0 Å². The number of nitrogens with zero attached hydrogens (tertiary/aromatic N) is 2. The van der Waals surface area contributed by atoms with Crippen molar-refractivity contribution in [1.29, 1.82) is 0 Å². The molecule has 2 atom stereocenters. The molecule has 0 aromatic heterocycles. The predicted molar refractivity (Wildman–Crippen MR) is 86.9 cm³/mol. The van der Waals surface area contributed by atoms with E-state index in [4.69, 9.17) is 4.74 Å². The van der Waals surface area contributed by atoms with Crippen molar-refractivity contribution in [3.05, 3.63) is 24.3 Å². The van der Waals surface area contributed by atoms with Crippen LogP contribution in [0.4, 0.5) is 5.69 Å². The van der Waals surface area contributed by atoms with E-state index in [1.165, 1.54) is 28.6 Å². The second-order valence-corrected chi connectivity index (χ2v) is 8.03. The number of ether oxygens (including phenoxy) is 1. The second-order valence-electron chi connectivity index (χ2n) is 6.19. The van der Waals surface area contributed by atoms with Crippen molar-refractivity contribution < 1.29 is 22.7 Å². The van der Waals surface area contributed by atoms with Crippen molar-refractivity contribution in [2.75, 3.05) is 18.1 Å². The lowest BCUT2D eigenvalue weighted by Crippen LogP contribution is -2.52. The highest BCUT2D eigenvalue weighted by atomic mass is 32.2. The molecule has 2 aliphatic rings. The number of imide groups is 1. The van der Waals surface area contributed by atoms with E-state index < -0.39 is 10.0 Å². The standard InChI is InChI=1S/C16H20N2O5S/c1-11-9-23-10-12(2)18(11)24(21,22)14-5-3-13(4-6-14)17-15(19)7-8-16(17)20/h3-6,11-12H,7-10H2,1-2H3. The summed E-state index contributed by atoms with van der Waals surface area (Å²) in [6, 6.07) is 5.39. The van der Waals surface area contributed by atoms with Gasteiger partial charge in [-0.15, -0.1) is 0 Å². The van der Waals surface area contributed by atoms with Gasteiger partial charge in [-0.1, -0.05) is 0 Å². The number of rotatable bonds is 3. The Kier molecular flexibility index (Phi) is 4.46. The molecule has 2 aliphatic heterocycles. The molecule has 7 nitrogen and oxygen atoms in total. The van der Waals surface area contributed by atoms with Gasteiger partial charge >= 0.3 is 0 Å². The van der Waals surface area contributed by atoms with E-state index in [9.17, 15) is 18.0 Å². The lowest BCUT2D eigenvalue weighted by atomic mass is 10.2. The lowest BCUT2D eigenvalue weighted by Gasteiger charge is -2.37. The van der Waals surface area contributed by atoms with E-state index in [1.807, 2.05) is 13.8 Å². The van der Waals surface area contributed by atoms with Crippen molar-refractivity contribution in [2.24, 2.45) is 0 Å². The first kappa shape index (κ1) is 17.1. The molecule has 0 aliphatic carbocycles. The zero-order valence-electron chi connectivity index (χ0n) is 13.6. The normalized spacial score (nSPS) is 26.2. The average Bonchev–Trinajstić information content (AvgIpc) is 2.86. The minimum absolute atomic E-state index is 0.144. The largest absolute Gasteiger partial charge is 0.378 e. The summed E-state index contributed by atoms with van der Waals surface area (Å²) in [5.74, 6) is -0.517. The van der Waals surface area contributed by atoms with E-state index in [2.05, 4.69) is 0 Å². The molecule has 0 radical (unpaired) electrons. The number of benzene rings is 1. The molecule has 8 heteroatoms. The third kappa shape index (κ3) is 2.85. The van der Waals surface area contributed by atoms with Gasteiger partial charge < -0.3 is 4.74 Å². The van der Waals surface area contributed by atoms with Crippen LogP contribution in [0.15, 0.2) is 29.2 Å². The second kappa shape index (κ2) is 6.27. The van der Waals surface area contributed by atoms with Crippen LogP contribution in [0.3, 0.4) is 0 Å². The Morgan fingerprint density at radius 1 is 0.958 bits per heavy atom. The van der Waals surface area contributed by atoms with Gasteiger partial charge in [-0.2, -0.15) is 4.31 Å². The van der Waals surface area contributed by atoms with Crippen molar-refractivity contribution in [1.82, 2.24) is 4.31 Å². The molecule has 3 rings (SSSR count). The zero-order chi connectivity index (χ0) is 17.5. The summed E-state index contributed by atoms with van der Waals surface area (Å²) in [6.45, 7) is 4.34. The Hall–Kier alpha value is -1.77. The fraction of sp³-hybridized carbons (Fsp3) is 0.500. The summed E-state index contributed by atoms with van der Waals surface area (Å²) in [7, 11) is -3.66. The van der Waals surface area contributed by atoms with Gasteiger partial charge in [-0.05, 0) is 38.1 Å². The zero-order valence-corrected chi connectivity index (χ0v) is 14.5. The first-order chi connectivity index (χ1) is 11.3. The Morgan fingerprint density at radius 3 is 1.96 bits per heavy atom. The fourth-order valence-corrected chi connectivity index (χ4v) is 5.01. The van der Waals surface area contributed by atoms with E-state index >= 15 is 0 Å². The third-order valence-corrected chi connectivity index (χ3v) is 6.45. The van der Waals surface area contributed by atoms with Crippen LogP contribution in [0.25, 0.3) is 0 Å². The van der Waals surface area contributed by atoms with Crippen LogP contribution < -0.4 is 4.90 Å². The Bertz CT molecular complexity index is 733. The summed E-state index contributed by atoms with van der Waals surface area (Å²) in [5.41, 5.74) is 0.407. The van der Waals surface area contributed by atoms with Crippen LogP contribution in [0.2, 0.25) is 0 Å². The average molecular weight is 352 g/mol. The van der Waals surface area contributed by atoms with Gasteiger partial charge in [-0.3, -0.25) is 14.5 Å². The SMILES string of the molecule is CC1COCC(C)N1S(=O)(=O)c1ccc(N2C(=O)CCC2=O)cc1. The van der Waals surface area contributed by atoms with Crippen molar-refractivity contribution in [2.45, 2.75) is 43.7 Å². The molecule has 2 amide bonds. The molecule has 2 saturated heterocycles. The van der Waals surface area contributed by atoms with Gasteiger partial charge in [0.2, 0.25) is 21.8 Å². The number of anilines is 1. The first-order valence-corrected chi connectivity index (χ1v) is 9.33. The smallest absolute Gasteiger partial charge is 0.243 e. The highest BCUT2D eigenvalue weighted by Crippen LogP contribution is 2.27. The molecule has 0 bridgehead atoms. The van der Waals surface area contributed by atoms with Crippen LogP contribution in [-0.4, -0.2) is 49.8 Å². The number of morpholine rings is 1. The van der Waals surface area contributed by atoms with Gasteiger partial charge in [0.25, 0.3) is 0 Å². The Morgan fingerprint density at radius 2 is 1.46 bits per heavy atom. The molecule has 24 heavy (non-hydrogen) atoms. The van der Waals surface area contributed by atoms with Gasteiger partial charge in [0.15, 0.2) is 0 Å². The van der Waals surface area contributed by atoms with E-state index in [1.54, 1.807) is 0 Å². The number of carbonyl (C=O) groups excluding carboxylic acids is 2. The molecule has 130 valence electrons. The maximum absolute atomic E-state index is 12.9. The highest BCUT2D eigenvalue weighted by Gasteiger charge is 2.36. The third-order valence-electron chi connectivity index (χ3n) is 4.31. The number of carbonyl (C=O) groups is 2. The van der Waals surface area contributed by atoms with Crippen LogP contribution >= 0.6 is 0 Å². The summed E-state index contributed by atoms with van der Waals surface area (Å²) >= 11 is 0. The van der Waals surface area contributed by atoms with Crippen molar-refractivity contribution in [3.63, 3.8) is 0 Å². The maximum Gasteiger partial charge on any atom is 0.243 e.